The van der Waals surface area contributed by atoms with Gasteiger partial charge in [-0.15, -0.1) is 0 Å². The first-order chi connectivity index (χ1) is 7.26. The normalized spacial score (nSPS) is 37.6. The summed E-state index contributed by atoms with van der Waals surface area (Å²) in [6, 6.07) is 0. The van der Waals surface area contributed by atoms with Gasteiger partial charge in [0.15, 0.2) is 6.29 Å². The minimum Gasteiger partial charge on any atom is -0.394 e. The monoisotopic (exact) mass is 258 g/mol. The van der Waals surface area contributed by atoms with Gasteiger partial charge in [-0.25, -0.2) is 0 Å². The minimum absolute atomic E-state index is 0.715. The quantitative estimate of drug-likeness (QED) is 0.387. The van der Waals surface area contributed by atoms with Gasteiger partial charge in [0, 0.05) is 0 Å². The smallest absolute Gasteiger partial charge is 0.264 e. The van der Waals surface area contributed by atoms with E-state index >= 15 is 0 Å². The third kappa shape index (κ3) is 3.10. The summed E-state index contributed by atoms with van der Waals surface area (Å²) in [7, 11) is -3.88. The molecule has 5 atom stereocenters. The third-order valence-corrected chi connectivity index (χ3v) is 2.67. The number of rotatable bonds is 4. The summed E-state index contributed by atoms with van der Waals surface area (Å²) in [5.74, 6) is 0. The lowest BCUT2D eigenvalue weighted by Crippen LogP contribution is -2.43. The Kier molecular flexibility index (Phi) is 4.23. The Balaban J connectivity index is 2.83. The van der Waals surface area contributed by atoms with E-state index in [1.807, 2.05) is 0 Å². The molecule has 1 aliphatic rings. The Labute approximate surface area is 92.2 Å². The van der Waals surface area contributed by atoms with Crippen molar-refractivity contribution < 1.29 is 37.8 Å². The summed E-state index contributed by atoms with van der Waals surface area (Å²) in [5.41, 5.74) is 0. The predicted molar refractivity (Wildman–Crippen MR) is 49.7 cm³/mol. The van der Waals surface area contributed by atoms with Crippen molar-refractivity contribution in [1.82, 2.24) is 0 Å². The van der Waals surface area contributed by atoms with E-state index in [1.54, 1.807) is 0 Å². The van der Waals surface area contributed by atoms with Crippen LogP contribution in [-0.4, -0.2) is 72.4 Å². The van der Waals surface area contributed by atoms with Crippen molar-refractivity contribution in [2.24, 2.45) is 0 Å². The van der Waals surface area contributed by atoms with Crippen LogP contribution < -0.4 is 0 Å². The van der Waals surface area contributed by atoms with Crippen LogP contribution in [0.3, 0.4) is 0 Å². The standard InChI is InChI=1S/C7H14O8S/c1-16(12,13)15-6-4(10)7(11)14-5(6)3(9)2-8/h3-11H,2H2,1H3/t3-,4-,5-,6+,7?/m1/s1. The second-order valence-electron chi connectivity index (χ2n) is 3.50. The summed E-state index contributed by atoms with van der Waals surface area (Å²) in [6.07, 6.45) is -6.75. The molecular formula is C7H14O8S. The molecular weight excluding hydrogens is 244 g/mol. The van der Waals surface area contributed by atoms with Gasteiger partial charge >= 0.3 is 0 Å². The average molecular weight is 258 g/mol. The average Bonchev–Trinajstić information content (AvgIpc) is 2.43. The van der Waals surface area contributed by atoms with Crippen LogP contribution in [0.4, 0.5) is 0 Å². The van der Waals surface area contributed by atoms with Crippen LogP contribution in [-0.2, 0) is 19.0 Å². The lowest BCUT2D eigenvalue weighted by molar-refractivity contribution is -0.150. The molecule has 0 saturated carbocycles. The molecule has 0 aromatic heterocycles. The van der Waals surface area contributed by atoms with Gasteiger partial charge < -0.3 is 25.2 Å². The first-order valence-electron chi connectivity index (χ1n) is 4.45. The molecule has 1 heterocycles. The molecule has 1 fully saturated rings. The third-order valence-electron chi connectivity index (χ3n) is 2.10. The van der Waals surface area contributed by atoms with Crippen molar-refractivity contribution >= 4 is 10.1 Å². The maximum absolute atomic E-state index is 10.9. The predicted octanol–water partition coefficient (Wildman–Crippen LogP) is -3.24. The first kappa shape index (κ1) is 13.8. The molecule has 4 N–H and O–H groups in total. The molecule has 0 bridgehead atoms. The Morgan fingerprint density at radius 3 is 2.44 bits per heavy atom. The fraction of sp³-hybridized carbons (Fsp3) is 1.00. The zero-order chi connectivity index (χ0) is 12.5. The molecule has 9 heteroatoms. The van der Waals surface area contributed by atoms with Crippen LogP contribution >= 0.6 is 0 Å². The van der Waals surface area contributed by atoms with E-state index in [4.69, 9.17) is 14.9 Å². The highest BCUT2D eigenvalue weighted by Crippen LogP contribution is 2.26. The fourth-order valence-corrected chi connectivity index (χ4v) is 2.03. The van der Waals surface area contributed by atoms with E-state index in [1.165, 1.54) is 0 Å². The maximum atomic E-state index is 10.9. The number of aliphatic hydroxyl groups is 4. The molecule has 0 amide bonds. The van der Waals surface area contributed by atoms with E-state index in [9.17, 15) is 18.6 Å². The Hall–Kier alpha value is -0.290. The zero-order valence-electron chi connectivity index (χ0n) is 8.42. The topological polar surface area (TPSA) is 134 Å². The molecule has 1 saturated heterocycles. The molecule has 96 valence electrons. The fourth-order valence-electron chi connectivity index (χ4n) is 1.40. The van der Waals surface area contributed by atoms with Crippen LogP contribution in [0.1, 0.15) is 0 Å². The molecule has 0 aromatic carbocycles. The molecule has 0 radical (unpaired) electrons. The molecule has 1 unspecified atom stereocenters. The lowest BCUT2D eigenvalue weighted by atomic mass is 10.1. The van der Waals surface area contributed by atoms with Gasteiger partial charge in [0.2, 0.25) is 0 Å². The molecule has 0 spiro atoms. The van der Waals surface area contributed by atoms with E-state index in [-0.39, 0.29) is 0 Å². The second kappa shape index (κ2) is 4.92. The van der Waals surface area contributed by atoms with Crippen molar-refractivity contribution in [2.75, 3.05) is 12.9 Å². The Morgan fingerprint density at radius 1 is 1.44 bits per heavy atom. The van der Waals surface area contributed by atoms with Crippen molar-refractivity contribution in [3.63, 3.8) is 0 Å². The van der Waals surface area contributed by atoms with E-state index < -0.39 is 47.4 Å². The molecule has 1 rings (SSSR count). The summed E-state index contributed by atoms with van der Waals surface area (Å²) < 4.78 is 30.9. The molecule has 16 heavy (non-hydrogen) atoms. The summed E-state index contributed by atoms with van der Waals surface area (Å²) >= 11 is 0. The van der Waals surface area contributed by atoms with Gasteiger partial charge in [0.1, 0.15) is 24.4 Å². The van der Waals surface area contributed by atoms with Gasteiger partial charge in [-0.1, -0.05) is 0 Å². The minimum atomic E-state index is -3.88. The van der Waals surface area contributed by atoms with Crippen molar-refractivity contribution in [3.05, 3.63) is 0 Å². The summed E-state index contributed by atoms with van der Waals surface area (Å²) in [6.45, 7) is -0.715. The molecule has 0 aromatic rings. The second-order valence-corrected chi connectivity index (χ2v) is 5.10. The lowest BCUT2D eigenvalue weighted by Gasteiger charge is -2.21. The first-order valence-corrected chi connectivity index (χ1v) is 6.26. The molecule has 8 nitrogen and oxygen atoms in total. The highest BCUT2D eigenvalue weighted by atomic mass is 32.2. The van der Waals surface area contributed by atoms with Gasteiger partial charge in [-0.2, -0.15) is 8.42 Å². The van der Waals surface area contributed by atoms with Crippen molar-refractivity contribution in [3.8, 4) is 0 Å². The van der Waals surface area contributed by atoms with Crippen LogP contribution in [0, 0.1) is 0 Å². The highest BCUT2D eigenvalue weighted by Gasteiger charge is 2.48. The van der Waals surface area contributed by atoms with Crippen LogP contribution in [0.2, 0.25) is 0 Å². The van der Waals surface area contributed by atoms with E-state index in [2.05, 4.69) is 4.18 Å². The number of hydrogen-bond donors (Lipinski definition) is 4. The highest BCUT2D eigenvalue weighted by molar-refractivity contribution is 7.86. The zero-order valence-corrected chi connectivity index (χ0v) is 9.24. The molecule has 0 aliphatic carbocycles. The van der Waals surface area contributed by atoms with Gasteiger partial charge in [0.05, 0.1) is 12.9 Å². The number of hydrogen-bond acceptors (Lipinski definition) is 8. The SMILES string of the molecule is CS(=O)(=O)O[C@@H]1[C@@H]([C@H](O)CO)OC(O)[C@@H]1O. The van der Waals surface area contributed by atoms with Crippen molar-refractivity contribution in [2.45, 2.75) is 30.7 Å². The summed E-state index contributed by atoms with van der Waals surface area (Å²) in [5, 5.41) is 36.5. The number of aliphatic hydroxyl groups excluding tert-OH is 4. The van der Waals surface area contributed by atoms with Gasteiger partial charge in [-0.3, -0.25) is 4.18 Å². The van der Waals surface area contributed by atoms with Gasteiger partial charge in [-0.05, 0) is 0 Å². The summed E-state index contributed by atoms with van der Waals surface area (Å²) in [4.78, 5) is 0. The maximum Gasteiger partial charge on any atom is 0.264 e. The Bertz CT molecular complexity index is 327. The number of ether oxygens (including phenoxy) is 1. The van der Waals surface area contributed by atoms with Crippen molar-refractivity contribution in [1.29, 1.82) is 0 Å². The van der Waals surface area contributed by atoms with E-state index in [0.29, 0.717) is 0 Å². The molecule has 1 aliphatic heterocycles. The van der Waals surface area contributed by atoms with E-state index in [0.717, 1.165) is 6.26 Å². The van der Waals surface area contributed by atoms with Crippen LogP contribution in [0.25, 0.3) is 0 Å². The largest absolute Gasteiger partial charge is 0.394 e. The Morgan fingerprint density at radius 2 is 2.00 bits per heavy atom. The van der Waals surface area contributed by atoms with Crippen LogP contribution in [0.5, 0.6) is 0 Å². The van der Waals surface area contributed by atoms with Crippen LogP contribution in [0.15, 0.2) is 0 Å². The van der Waals surface area contributed by atoms with Gasteiger partial charge in [0.25, 0.3) is 10.1 Å².